The summed E-state index contributed by atoms with van der Waals surface area (Å²) in [6.45, 7) is 3.91. The SMILES string of the molecule is Cc1cccc(OCC(=O)NN=Cc2ccc3ccccc3c2)c1C. The molecule has 4 heteroatoms. The summed E-state index contributed by atoms with van der Waals surface area (Å²) in [7, 11) is 0. The first kappa shape index (κ1) is 16.7. The molecular formula is C21H20N2O2. The lowest BCUT2D eigenvalue weighted by molar-refractivity contribution is -0.123. The first-order valence-electron chi connectivity index (χ1n) is 8.13. The van der Waals surface area contributed by atoms with Gasteiger partial charge in [-0.05, 0) is 53.4 Å². The van der Waals surface area contributed by atoms with Crippen LogP contribution in [0.1, 0.15) is 16.7 Å². The van der Waals surface area contributed by atoms with E-state index in [4.69, 9.17) is 4.74 Å². The molecule has 0 bridgehead atoms. The molecule has 0 saturated heterocycles. The fourth-order valence-corrected chi connectivity index (χ4v) is 2.52. The van der Waals surface area contributed by atoms with Gasteiger partial charge in [-0.1, -0.05) is 48.5 Å². The van der Waals surface area contributed by atoms with Crippen molar-refractivity contribution in [3.63, 3.8) is 0 Å². The lowest BCUT2D eigenvalue weighted by atomic mass is 10.1. The molecule has 25 heavy (non-hydrogen) atoms. The second kappa shape index (κ2) is 7.62. The number of hydrogen-bond acceptors (Lipinski definition) is 3. The number of hydrogen-bond donors (Lipinski definition) is 1. The summed E-state index contributed by atoms with van der Waals surface area (Å²) in [5.74, 6) is 0.423. The maximum absolute atomic E-state index is 11.9. The van der Waals surface area contributed by atoms with E-state index in [2.05, 4.69) is 16.6 Å². The van der Waals surface area contributed by atoms with Gasteiger partial charge in [0.1, 0.15) is 5.75 Å². The predicted molar refractivity (Wildman–Crippen MR) is 101 cm³/mol. The second-order valence-corrected chi connectivity index (χ2v) is 5.89. The van der Waals surface area contributed by atoms with Gasteiger partial charge in [-0.15, -0.1) is 0 Å². The summed E-state index contributed by atoms with van der Waals surface area (Å²) in [6.07, 6.45) is 1.63. The number of benzene rings is 3. The van der Waals surface area contributed by atoms with Crippen molar-refractivity contribution in [3.05, 3.63) is 77.4 Å². The number of nitrogens with one attached hydrogen (secondary N) is 1. The third-order valence-electron chi connectivity index (χ3n) is 4.09. The molecule has 126 valence electrons. The van der Waals surface area contributed by atoms with E-state index in [1.807, 2.05) is 68.4 Å². The Hall–Kier alpha value is -3.14. The minimum Gasteiger partial charge on any atom is -0.483 e. The van der Waals surface area contributed by atoms with E-state index in [9.17, 15) is 4.79 Å². The summed E-state index contributed by atoms with van der Waals surface area (Å²) in [5, 5.41) is 6.30. The van der Waals surface area contributed by atoms with Crippen molar-refractivity contribution in [1.29, 1.82) is 0 Å². The molecule has 0 saturated carbocycles. The molecule has 0 aromatic heterocycles. The van der Waals surface area contributed by atoms with Crippen molar-refractivity contribution in [1.82, 2.24) is 5.43 Å². The maximum Gasteiger partial charge on any atom is 0.277 e. The number of aryl methyl sites for hydroxylation is 1. The highest BCUT2D eigenvalue weighted by Crippen LogP contribution is 2.20. The third kappa shape index (κ3) is 4.23. The minimum atomic E-state index is -0.294. The van der Waals surface area contributed by atoms with Crippen molar-refractivity contribution >= 4 is 22.9 Å². The van der Waals surface area contributed by atoms with Gasteiger partial charge in [-0.2, -0.15) is 5.10 Å². The van der Waals surface area contributed by atoms with Crippen LogP contribution in [0.3, 0.4) is 0 Å². The first-order chi connectivity index (χ1) is 12.1. The van der Waals surface area contributed by atoms with Crippen LogP contribution in [0, 0.1) is 13.8 Å². The molecule has 1 amide bonds. The monoisotopic (exact) mass is 332 g/mol. The zero-order valence-corrected chi connectivity index (χ0v) is 14.3. The van der Waals surface area contributed by atoms with Gasteiger partial charge in [0.15, 0.2) is 6.61 Å². The van der Waals surface area contributed by atoms with E-state index in [-0.39, 0.29) is 12.5 Å². The van der Waals surface area contributed by atoms with Crippen LogP contribution in [0.25, 0.3) is 10.8 Å². The molecular weight excluding hydrogens is 312 g/mol. The van der Waals surface area contributed by atoms with E-state index >= 15 is 0 Å². The third-order valence-corrected chi connectivity index (χ3v) is 4.09. The zero-order valence-electron chi connectivity index (χ0n) is 14.3. The fraction of sp³-hybridized carbons (Fsp3) is 0.143. The topological polar surface area (TPSA) is 50.7 Å². The first-order valence-corrected chi connectivity index (χ1v) is 8.13. The molecule has 0 spiro atoms. The molecule has 3 aromatic carbocycles. The molecule has 3 rings (SSSR count). The average molecular weight is 332 g/mol. The van der Waals surface area contributed by atoms with Crippen molar-refractivity contribution in [2.24, 2.45) is 5.10 Å². The average Bonchev–Trinajstić information content (AvgIpc) is 2.63. The van der Waals surface area contributed by atoms with Gasteiger partial charge in [-0.3, -0.25) is 4.79 Å². The van der Waals surface area contributed by atoms with Crippen LogP contribution in [0.15, 0.2) is 65.8 Å². The quantitative estimate of drug-likeness (QED) is 0.567. The molecule has 4 nitrogen and oxygen atoms in total. The Labute approximate surface area is 147 Å². The standard InChI is InChI=1S/C21H20N2O2/c1-15-6-5-9-20(16(15)2)25-14-21(24)23-22-13-17-10-11-18-7-3-4-8-19(18)12-17/h3-13H,14H2,1-2H3,(H,23,24). The number of nitrogens with zero attached hydrogens (tertiary/aromatic N) is 1. The number of fused-ring (bicyclic) bond motifs is 1. The molecule has 0 aliphatic carbocycles. The number of carbonyl (C=O) groups is 1. The van der Waals surface area contributed by atoms with Gasteiger partial charge in [0, 0.05) is 0 Å². The van der Waals surface area contributed by atoms with E-state index in [0.717, 1.165) is 22.1 Å². The summed E-state index contributed by atoms with van der Waals surface area (Å²) in [4.78, 5) is 11.9. The number of carbonyl (C=O) groups excluding carboxylic acids is 1. The van der Waals surface area contributed by atoms with Crippen LogP contribution in [0.2, 0.25) is 0 Å². The molecule has 3 aromatic rings. The van der Waals surface area contributed by atoms with Crippen molar-refractivity contribution in [3.8, 4) is 5.75 Å². The van der Waals surface area contributed by atoms with Gasteiger partial charge in [0.25, 0.3) is 5.91 Å². The van der Waals surface area contributed by atoms with Crippen molar-refractivity contribution < 1.29 is 9.53 Å². The summed E-state index contributed by atoms with van der Waals surface area (Å²) in [6, 6.07) is 19.9. The fourth-order valence-electron chi connectivity index (χ4n) is 2.52. The lowest BCUT2D eigenvalue weighted by Gasteiger charge is -2.09. The van der Waals surface area contributed by atoms with Crippen LogP contribution in [0.4, 0.5) is 0 Å². The summed E-state index contributed by atoms with van der Waals surface area (Å²) >= 11 is 0. The molecule has 0 atom stereocenters. The molecule has 0 aliphatic rings. The number of ether oxygens (including phenoxy) is 1. The van der Waals surface area contributed by atoms with Gasteiger partial charge in [-0.25, -0.2) is 5.43 Å². The number of rotatable bonds is 5. The Morgan fingerprint density at radius 2 is 1.84 bits per heavy atom. The van der Waals surface area contributed by atoms with Crippen LogP contribution >= 0.6 is 0 Å². The Balaban J connectivity index is 1.56. The Morgan fingerprint density at radius 3 is 2.68 bits per heavy atom. The lowest BCUT2D eigenvalue weighted by Crippen LogP contribution is -2.24. The second-order valence-electron chi connectivity index (χ2n) is 5.89. The Morgan fingerprint density at radius 1 is 1.04 bits per heavy atom. The zero-order chi connectivity index (χ0) is 17.6. The van der Waals surface area contributed by atoms with Crippen LogP contribution in [0.5, 0.6) is 5.75 Å². The maximum atomic E-state index is 11.9. The van der Waals surface area contributed by atoms with Gasteiger partial charge >= 0.3 is 0 Å². The molecule has 0 fully saturated rings. The Kier molecular flexibility index (Phi) is 5.09. The van der Waals surface area contributed by atoms with E-state index < -0.39 is 0 Å². The van der Waals surface area contributed by atoms with Crippen LogP contribution < -0.4 is 10.2 Å². The van der Waals surface area contributed by atoms with E-state index in [1.165, 1.54) is 5.39 Å². The molecule has 1 N–H and O–H groups in total. The van der Waals surface area contributed by atoms with Crippen LogP contribution in [-0.4, -0.2) is 18.7 Å². The molecule has 0 radical (unpaired) electrons. The van der Waals surface area contributed by atoms with Crippen LogP contribution in [-0.2, 0) is 4.79 Å². The molecule has 0 unspecified atom stereocenters. The highest BCUT2D eigenvalue weighted by atomic mass is 16.5. The van der Waals surface area contributed by atoms with Gasteiger partial charge in [0.05, 0.1) is 6.21 Å². The number of hydrazone groups is 1. The highest BCUT2D eigenvalue weighted by Gasteiger charge is 2.05. The molecule has 0 aliphatic heterocycles. The summed E-state index contributed by atoms with van der Waals surface area (Å²) in [5.41, 5.74) is 5.58. The van der Waals surface area contributed by atoms with Crippen molar-refractivity contribution in [2.75, 3.05) is 6.61 Å². The largest absolute Gasteiger partial charge is 0.483 e. The van der Waals surface area contributed by atoms with Crippen molar-refractivity contribution in [2.45, 2.75) is 13.8 Å². The smallest absolute Gasteiger partial charge is 0.277 e. The predicted octanol–water partition coefficient (Wildman–Crippen LogP) is 3.99. The summed E-state index contributed by atoms with van der Waals surface area (Å²) < 4.78 is 5.55. The number of amides is 1. The minimum absolute atomic E-state index is 0.0701. The van der Waals surface area contributed by atoms with Gasteiger partial charge in [0.2, 0.25) is 0 Å². The molecule has 0 heterocycles. The van der Waals surface area contributed by atoms with E-state index in [0.29, 0.717) is 5.75 Å². The Bertz CT molecular complexity index is 932. The normalized spacial score (nSPS) is 11.0. The van der Waals surface area contributed by atoms with E-state index in [1.54, 1.807) is 6.21 Å². The van der Waals surface area contributed by atoms with Gasteiger partial charge < -0.3 is 4.74 Å². The highest BCUT2D eigenvalue weighted by molar-refractivity contribution is 5.90.